The molecule has 1 heterocycles. The number of carbonyl (C=O) groups excluding carboxylic acids is 1. The number of benzene rings is 1. The molecular weight excluding hydrogens is 294 g/mol. The van der Waals surface area contributed by atoms with Gasteiger partial charge in [-0.1, -0.05) is 24.3 Å². The zero-order valence-electron chi connectivity index (χ0n) is 13.1. The minimum absolute atomic E-state index is 0.0275. The number of aromatic nitrogens is 3. The van der Waals surface area contributed by atoms with Crippen LogP contribution in [0.3, 0.4) is 0 Å². The lowest BCUT2D eigenvalue weighted by molar-refractivity contribution is 0.154. The largest absolute Gasteiger partial charge is 0.395 e. The van der Waals surface area contributed by atoms with Crippen LogP contribution in [0.4, 0.5) is 10.7 Å². The monoisotopic (exact) mass is 315 g/mol. The molecule has 1 unspecified atom stereocenters. The molecular formula is C16H21N5O2. The van der Waals surface area contributed by atoms with Crippen LogP contribution < -0.4 is 5.32 Å². The number of amides is 2. The highest BCUT2D eigenvalue weighted by molar-refractivity contribution is 5.87. The van der Waals surface area contributed by atoms with Gasteiger partial charge in [0.05, 0.1) is 12.6 Å². The van der Waals surface area contributed by atoms with Crippen LogP contribution in [0.5, 0.6) is 0 Å². The fourth-order valence-corrected chi connectivity index (χ4v) is 3.14. The van der Waals surface area contributed by atoms with Crippen molar-refractivity contribution in [2.24, 2.45) is 7.05 Å². The first kappa shape index (κ1) is 15.5. The molecule has 0 bridgehead atoms. The molecule has 3 rings (SSSR count). The molecule has 1 aromatic carbocycles. The first-order chi connectivity index (χ1) is 11.2. The van der Waals surface area contributed by atoms with Gasteiger partial charge < -0.3 is 10.0 Å². The lowest BCUT2D eigenvalue weighted by Gasteiger charge is -2.35. The average molecular weight is 315 g/mol. The number of aryl methyl sites for hydroxylation is 2. The van der Waals surface area contributed by atoms with Crippen LogP contribution in [0.25, 0.3) is 0 Å². The molecule has 2 amide bonds. The van der Waals surface area contributed by atoms with Crippen molar-refractivity contribution < 1.29 is 9.90 Å². The van der Waals surface area contributed by atoms with Crippen molar-refractivity contribution in [3.8, 4) is 0 Å². The summed E-state index contributed by atoms with van der Waals surface area (Å²) in [6.07, 6.45) is 4.34. The Morgan fingerprint density at radius 3 is 3.04 bits per heavy atom. The van der Waals surface area contributed by atoms with Crippen LogP contribution in [-0.4, -0.2) is 44.0 Å². The second kappa shape index (κ2) is 6.78. The first-order valence-corrected chi connectivity index (χ1v) is 7.81. The van der Waals surface area contributed by atoms with Crippen molar-refractivity contribution in [1.82, 2.24) is 19.7 Å². The number of nitrogens with one attached hydrogen (secondary N) is 1. The van der Waals surface area contributed by atoms with E-state index < -0.39 is 0 Å². The third kappa shape index (κ3) is 3.19. The van der Waals surface area contributed by atoms with E-state index in [0.717, 1.165) is 19.3 Å². The molecule has 1 aliphatic carbocycles. The zero-order chi connectivity index (χ0) is 16.2. The Balaban J connectivity index is 1.84. The molecule has 23 heavy (non-hydrogen) atoms. The summed E-state index contributed by atoms with van der Waals surface area (Å²) >= 11 is 0. The molecule has 0 spiro atoms. The molecule has 1 aliphatic rings. The number of carbonyl (C=O) groups is 1. The van der Waals surface area contributed by atoms with Gasteiger partial charge in [0.2, 0.25) is 5.95 Å². The standard InChI is InChI=1S/C16H21N5O2/c1-20-15(17-11-18-20)19-16(23)21(9-10-22)14-8-4-6-12-5-2-3-7-13(12)14/h2-3,5,7,11,14,22H,4,6,8-10H2,1H3,(H,17,18,19,23). The molecule has 122 valence electrons. The minimum Gasteiger partial charge on any atom is -0.395 e. The smallest absolute Gasteiger partial charge is 0.324 e. The first-order valence-electron chi connectivity index (χ1n) is 7.81. The van der Waals surface area contributed by atoms with Gasteiger partial charge >= 0.3 is 6.03 Å². The van der Waals surface area contributed by atoms with Crippen molar-refractivity contribution in [1.29, 1.82) is 0 Å². The Bertz CT molecular complexity index is 685. The van der Waals surface area contributed by atoms with Gasteiger partial charge in [-0.2, -0.15) is 10.1 Å². The van der Waals surface area contributed by atoms with E-state index >= 15 is 0 Å². The van der Waals surface area contributed by atoms with E-state index in [-0.39, 0.29) is 25.2 Å². The zero-order valence-corrected chi connectivity index (χ0v) is 13.1. The number of hydrogen-bond acceptors (Lipinski definition) is 4. The van der Waals surface area contributed by atoms with Gasteiger partial charge in [-0.25, -0.2) is 9.48 Å². The Hall–Kier alpha value is -2.41. The van der Waals surface area contributed by atoms with E-state index in [1.54, 1.807) is 11.9 Å². The minimum atomic E-state index is -0.267. The van der Waals surface area contributed by atoms with E-state index in [4.69, 9.17) is 0 Å². The van der Waals surface area contributed by atoms with Crippen LogP contribution >= 0.6 is 0 Å². The third-order valence-corrected chi connectivity index (χ3v) is 4.25. The number of nitrogens with zero attached hydrogens (tertiary/aromatic N) is 4. The van der Waals surface area contributed by atoms with E-state index in [1.807, 2.05) is 12.1 Å². The van der Waals surface area contributed by atoms with Gasteiger partial charge in [0.25, 0.3) is 0 Å². The number of anilines is 1. The highest BCUT2D eigenvalue weighted by atomic mass is 16.3. The van der Waals surface area contributed by atoms with Crippen LogP contribution in [-0.2, 0) is 13.5 Å². The number of aliphatic hydroxyl groups is 1. The summed E-state index contributed by atoms with van der Waals surface area (Å²) in [6.45, 7) is 0.202. The summed E-state index contributed by atoms with van der Waals surface area (Å²) in [5.41, 5.74) is 2.44. The Morgan fingerprint density at radius 1 is 1.48 bits per heavy atom. The SMILES string of the molecule is Cn1ncnc1NC(=O)N(CCO)C1CCCc2ccccc21. The summed E-state index contributed by atoms with van der Waals surface area (Å²) in [4.78, 5) is 18.4. The van der Waals surface area contributed by atoms with Crippen LogP contribution in [0.2, 0.25) is 0 Å². The third-order valence-electron chi connectivity index (χ3n) is 4.25. The van der Waals surface area contributed by atoms with E-state index in [2.05, 4.69) is 27.5 Å². The van der Waals surface area contributed by atoms with Crippen LogP contribution in [0, 0.1) is 0 Å². The molecule has 0 radical (unpaired) electrons. The van der Waals surface area contributed by atoms with Gasteiger partial charge in [-0.15, -0.1) is 0 Å². The van der Waals surface area contributed by atoms with Crippen molar-refractivity contribution in [2.45, 2.75) is 25.3 Å². The number of hydrogen-bond donors (Lipinski definition) is 2. The maximum Gasteiger partial charge on any atom is 0.324 e. The quantitative estimate of drug-likeness (QED) is 0.900. The normalized spacial score (nSPS) is 16.7. The summed E-state index contributed by atoms with van der Waals surface area (Å²) < 4.78 is 1.50. The number of rotatable bonds is 4. The van der Waals surface area contributed by atoms with Crippen LogP contribution in [0.15, 0.2) is 30.6 Å². The summed E-state index contributed by atoms with van der Waals surface area (Å²) in [7, 11) is 1.72. The van der Waals surface area contributed by atoms with E-state index in [0.29, 0.717) is 5.95 Å². The Labute approximate surface area is 134 Å². The molecule has 7 nitrogen and oxygen atoms in total. The van der Waals surface area contributed by atoms with Gasteiger partial charge in [-0.05, 0) is 30.4 Å². The fraction of sp³-hybridized carbons (Fsp3) is 0.438. The van der Waals surface area contributed by atoms with Crippen molar-refractivity contribution in [2.75, 3.05) is 18.5 Å². The maximum absolute atomic E-state index is 12.7. The van der Waals surface area contributed by atoms with E-state index in [1.165, 1.54) is 22.1 Å². The fourth-order valence-electron chi connectivity index (χ4n) is 3.14. The molecule has 7 heteroatoms. The second-order valence-electron chi connectivity index (χ2n) is 5.66. The number of aliphatic hydroxyl groups excluding tert-OH is 1. The van der Waals surface area contributed by atoms with E-state index in [9.17, 15) is 9.90 Å². The lowest BCUT2D eigenvalue weighted by Crippen LogP contribution is -2.41. The lowest BCUT2D eigenvalue weighted by atomic mass is 9.87. The maximum atomic E-state index is 12.7. The Kier molecular flexibility index (Phi) is 4.57. The summed E-state index contributed by atoms with van der Waals surface area (Å²) in [6, 6.07) is 7.90. The van der Waals surface area contributed by atoms with Gasteiger partial charge in [0.1, 0.15) is 6.33 Å². The summed E-state index contributed by atoms with van der Waals surface area (Å²) in [5, 5.41) is 16.1. The molecule has 2 N–H and O–H groups in total. The highest BCUT2D eigenvalue weighted by Crippen LogP contribution is 2.34. The van der Waals surface area contributed by atoms with Crippen molar-refractivity contribution in [3.63, 3.8) is 0 Å². The molecule has 0 fully saturated rings. The van der Waals surface area contributed by atoms with Gasteiger partial charge in [0, 0.05) is 13.6 Å². The number of urea groups is 1. The second-order valence-corrected chi connectivity index (χ2v) is 5.66. The number of fused-ring (bicyclic) bond motifs is 1. The predicted molar refractivity (Wildman–Crippen MR) is 85.9 cm³/mol. The topological polar surface area (TPSA) is 83.3 Å². The molecule has 1 atom stereocenters. The molecule has 0 saturated heterocycles. The molecule has 1 aromatic heterocycles. The average Bonchev–Trinajstić information content (AvgIpc) is 2.97. The van der Waals surface area contributed by atoms with Crippen LogP contribution in [0.1, 0.15) is 30.0 Å². The van der Waals surface area contributed by atoms with Crippen molar-refractivity contribution in [3.05, 3.63) is 41.7 Å². The summed E-state index contributed by atoms with van der Waals surface area (Å²) in [5.74, 6) is 0.391. The molecule has 2 aromatic rings. The predicted octanol–water partition coefficient (Wildman–Crippen LogP) is 1.72. The van der Waals surface area contributed by atoms with Gasteiger partial charge in [0.15, 0.2) is 0 Å². The molecule has 0 saturated carbocycles. The van der Waals surface area contributed by atoms with Gasteiger partial charge in [-0.3, -0.25) is 5.32 Å². The molecule has 0 aliphatic heterocycles. The Morgan fingerprint density at radius 2 is 2.30 bits per heavy atom. The highest BCUT2D eigenvalue weighted by Gasteiger charge is 2.29. The van der Waals surface area contributed by atoms with Crippen molar-refractivity contribution >= 4 is 12.0 Å².